The molecule has 0 unspecified atom stereocenters. The molecule has 2 aliphatic rings. The smallest absolute Gasteiger partial charge is 0.205 e. The molecular weight excluding hydrogens is 312 g/mol. The molecule has 1 saturated carbocycles. The zero-order valence-electron chi connectivity index (χ0n) is 13.2. The van der Waals surface area contributed by atoms with Crippen molar-refractivity contribution in [2.75, 3.05) is 43.1 Å². The lowest BCUT2D eigenvalue weighted by atomic mass is 10.2. The predicted molar refractivity (Wildman–Crippen MR) is 89.1 cm³/mol. The number of hydrogen-bond acceptors (Lipinski definition) is 8. The second kappa shape index (κ2) is 6.37. The number of hydrogen-bond donors (Lipinski definition) is 0. The Labute approximate surface area is 139 Å². The van der Waals surface area contributed by atoms with Crippen LogP contribution in [0.2, 0.25) is 0 Å². The fraction of sp³-hybridized carbons (Fsp3) is 0.600. The summed E-state index contributed by atoms with van der Waals surface area (Å²) in [5, 5.41) is 9.76. The summed E-state index contributed by atoms with van der Waals surface area (Å²) < 4.78 is 9.39. The van der Waals surface area contributed by atoms with Gasteiger partial charge in [0.2, 0.25) is 5.13 Å². The number of anilines is 2. The first-order valence-corrected chi connectivity index (χ1v) is 8.76. The van der Waals surface area contributed by atoms with Gasteiger partial charge < -0.3 is 14.5 Å². The molecule has 0 amide bonds. The SMILES string of the molecule is COCc1nsc(N2CCN(c3ccc(C4CC4)nn3)CC2)n1. The average Bonchev–Trinajstić information content (AvgIpc) is 3.35. The largest absolute Gasteiger partial charge is 0.377 e. The first-order chi connectivity index (χ1) is 11.3. The molecule has 1 aliphatic carbocycles. The van der Waals surface area contributed by atoms with Gasteiger partial charge >= 0.3 is 0 Å². The Kier molecular flexibility index (Phi) is 4.09. The van der Waals surface area contributed by atoms with E-state index in [9.17, 15) is 0 Å². The third kappa shape index (κ3) is 3.28. The van der Waals surface area contributed by atoms with Gasteiger partial charge in [-0.1, -0.05) is 0 Å². The maximum Gasteiger partial charge on any atom is 0.205 e. The molecule has 0 radical (unpaired) electrons. The van der Waals surface area contributed by atoms with E-state index in [0.717, 1.165) is 48.6 Å². The fourth-order valence-electron chi connectivity index (χ4n) is 2.79. The van der Waals surface area contributed by atoms with Crippen molar-refractivity contribution < 1.29 is 4.74 Å². The van der Waals surface area contributed by atoms with E-state index in [0.29, 0.717) is 12.5 Å². The lowest BCUT2D eigenvalue weighted by Gasteiger charge is -2.34. The molecule has 0 spiro atoms. The highest BCUT2D eigenvalue weighted by molar-refractivity contribution is 7.09. The second-order valence-electron chi connectivity index (χ2n) is 5.99. The fourth-order valence-corrected chi connectivity index (χ4v) is 3.51. The van der Waals surface area contributed by atoms with Crippen LogP contribution in [0.25, 0.3) is 0 Å². The number of ether oxygens (including phenoxy) is 1. The highest BCUT2D eigenvalue weighted by Gasteiger charge is 2.26. The average molecular weight is 332 g/mol. The van der Waals surface area contributed by atoms with Crippen molar-refractivity contribution in [3.05, 3.63) is 23.7 Å². The summed E-state index contributed by atoms with van der Waals surface area (Å²) in [5.74, 6) is 2.40. The molecule has 0 N–H and O–H groups in total. The van der Waals surface area contributed by atoms with E-state index >= 15 is 0 Å². The molecule has 3 heterocycles. The van der Waals surface area contributed by atoms with E-state index < -0.39 is 0 Å². The summed E-state index contributed by atoms with van der Waals surface area (Å²) >= 11 is 1.44. The lowest BCUT2D eigenvalue weighted by Crippen LogP contribution is -2.46. The molecule has 0 aromatic carbocycles. The molecule has 7 nitrogen and oxygen atoms in total. The van der Waals surface area contributed by atoms with Crippen LogP contribution in [-0.4, -0.2) is 52.8 Å². The topological polar surface area (TPSA) is 67.3 Å². The van der Waals surface area contributed by atoms with Crippen LogP contribution >= 0.6 is 11.5 Å². The minimum Gasteiger partial charge on any atom is -0.377 e. The van der Waals surface area contributed by atoms with Gasteiger partial charge in [0.15, 0.2) is 11.6 Å². The van der Waals surface area contributed by atoms with Gasteiger partial charge in [-0.2, -0.15) is 9.47 Å². The van der Waals surface area contributed by atoms with Gasteiger partial charge in [0.25, 0.3) is 0 Å². The number of methoxy groups -OCH3 is 1. The van der Waals surface area contributed by atoms with Crippen LogP contribution in [0.5, 0.6) is 0 Å². The van der Waals surface area contributed by atoms with Crippen LogP contribution in [0.3, 0.4) is 0 Å². The Hall–Kier alpha value is -1.80. The van der Waals surface area contributed by atoms with Crippen molar-refractivity contribution in [2.45, 2.75) is 25.4 Å². The van der Waals surface area contributed by atoms with Crippen molar-refractivity contribution >= 4 is 22.5 Å². The summed E-state index contributed by atoms with van der Waals surface area (Å²) in [6.07, 6.45) is 2.53. The van der Waals surface area contributed by atoms with Crippen LogP contribution in [0.1, 0.15) is 30.3 Å². The molecule has 8 heteroatoms. The highest BCUT2D eigenvalue weighted by Crippen LogP contribution is 2.38. The molecule has 23 heavy (non-hydrogen) atoms. The molecule has 0 atom stereocenters. The number of nitrogens with zero attached hydrogens (tertiary/aromatic N) is 6. The van der Waals surface area contributed by atoms with Gasteiger partial charge in [-0.3, -0.25) is 0 Å². The van der Waals surface area contributed by atoms with Crippen molar-refractivity contribution in [3.63, 3.8) is 0 Å². The lowest BCUT2D eigenvalue weighted by molar-refractivity contribution is 0.179. The minimum absolute atomic E-state index is 0.472. The number of aromatic nitrogens is 4. The van der Waals surface area contributed by atoms with Gasteiger partial charge in [-0.25, -0.2) is 4.98 Å². The maximum atomic E-state index is 5.07. The summed E-state index contributed by atoms with van der Waals surface area (Å²) in [7, 11) is 1.66. The Morgan fingerprint density at radius 1 is 1.13 bits per heavy atom. The third-order valence-electron chi connectivity index (χ3n) is 4.27. The van der Waals surface area contributed by atoms with Gasteiger partial charge in [0.05, 0.1) is 5.69 Å². The van der Waals surface area contributed by atoms with Gasteiger partial charge in [0.1, 0.15) is 6.61 Å². The second-order valence-corrected chi connectivity index (χ2v) is 6.72. The molecule has 2 aromatic heterocycles. The summed E-state index contributed by atoms with van der Waals surface area (Å²) in [5.41, 5.74) is 1.15. The Bertz CT molecular complexity index is 648. The Morgan fingerprint density at radius 2 is 1.91 bits per heavy atom. The van der Waals surface area contributed by atoms with Crippen LogP contribution in [-0.2, 0) is 11.3 Å². The Balaban J connectivity index is 1.36. The maximum absolute atomic E-state index is 5.07. The molecule has 1 aliphatic heterocycles. The van der Waals surface area contributed by atoms with E-state index in [1.165, 1.54) is 24.4 Å². The van der Waals surface area contributed by atoms with Crippen LogP contribution in [0.4, 0.5) is 10.9 Å². The van der Waals surface area contributed by atoms with Gasteiger partial charge in [-0.05, 0) is 25.0 Å². The normalized spacial score (nSPS) is 18.5. The summed E-state index contributed by atoms with van der Waals surface area (Å²) in [4.78, 5) is 9.09. The Morgan fingerprint density at radius 3 is 2.57 bits per heavy atom. The molecule has 1 saturated heterocycles. The first kappa shape index (κ1) is 14.8. The van der Waals surface area contributed by atoms with Crippen LogP contribution in [0, 0.1) is 0 Å². The van der Waals surface area contributed by atoms with E-state index in [-0.39, 0.29) is 0 Å². The molecule has 2 aromatic rings. The molecule has 2 fully saturated rings. The van der Waals surface area contributed by atoms with Gasteiger partial charge in [0, 0.05) is 50.7 Å². The molecular formula is C15H20N6OS. The third-order valence-corrected chi connectivity index (χ3v) is 5.09. The van der Waals surface area contributed by atoms with Crippen molar-refractivity contribution in [3.8, 4) is 0 Å². The van der Waals surface area contributed by atoms with E-state index in [1.54, 1.807) is 7.11 Å². The van der Waals surface area contributed by atoms with E-state index in [4.69, 9.17) is 4.74 Å². The first-order valence-electron chi connectivity index (χ1n) is 7.98. The zero-order valence-corrected chi connectivity index (χ0v) is 14.0. The molecule has 0 bridgehead atoms. The van der Waals surface area contributed by atoms with E-state index in [2.05, 4.69) is 41.5 Å². The molecule has 122 valence electrons. The van der Waals surface area contributed by atoms with Crippen LogP contribution < -0.4 is 9.80 Å². The van der Waals surface area contributed by atoms with E-state index in [1.807, 2.05) is 0 Å². The monoisotopic (exact) mass is 332 g/mol. The zero-order chi connectivity index (χ0) is 15.6. The predicted octanol–water partition coefficient (Wildman–Crippen LogP) is 1.68. The summed E-state index contributed by atoms with van der Waals surface area (Å²) in [6.45, 7) is 4.17. The minimum atomic E-state index is 0.472. The standard InChI is InChI=1S/C15H20N6OS/c1-22-10-13-16-15(23-19-13)21-8-6-20(7-9-21)14-5-4-12(17-18-14)11-2-3-11/h4-5,11H,2-3,6-10H2,1H3. The van der Waals surface area contributed by atoms with Crippen molar-refractivity contribution in [2.24, 2.45) is 0 Å². The van der Waals surface area contributed by atoms with Crippen molar-refractivity contribution in [1.29, 1.82) is 0 Å². The summed E-state index contributed by atoms with van der Waals surface area (Å²) in [6, 6.07) is 4.24. The highest BCUT2D eigenvalue weighted by atomic mass is 32.1. The van der Waals surface area contributed by atoms with Crippen molar-refractivity contribution in [1.82, 2.24) is 19.6 Å². The van der Waals surface area contributed by atoms with Gasteiger partial charge in [-0.15, -0.1) is 5.10 Å². The van der Waals surface area contributed by atoms with Crippen LogP contribution in [0.15, 0.2) is 12.1 Å². The number of piperazine rings is 1. The molecule has 4 rings (SSSR count). The number of rotatable bonds is 5. The quantitative estimate of drug-likeness (QED) is 0.825.